The van der Waals surface area contributed by atoms with Crippen molar-refractivity contribution in [1.82, 2.24) is 25.1 Å². The van der Waals surface area contributed by atoms with Crippen LogP contribution in [0, 0.1) is 6.92 Å². The fraction of sp³-hybridized carbons (Fsp3) is 0.263. The number of aryl methyl sites for hydroxylation is 1. The summed E-state index contributed by atoms with van der Waals surface area (Å²) in [6, 6.07) is 5.52. The molecule has 126 valence electrons. The van der Waals surface area contributed by atoms with Gasteiger partial charge in [-0.25, -0.2) is 0 Å². The summed E-state index contributed by atoms with van der Waals surface area (Å²) in [5.74, 6) is 0.0388. The molecule has 0 spiro atoms. The predicted molar refractivity (Wildman–Crippen MR) is 93.8 cm³/mol. The second-order valence-electron chi connectivity index (χ2n) is 6.28. The number of hydrogen-bond acceptors (Lipinski definition) is 4. The monoisotopic (exact) mass is 333 g/mol. The van der Waals surface area contributed by atoms with E-state index in [4.69, 9.17) is 0 Å². The highest BCUT2D eigenvalue weighted by Crippen LogP contribution is 2.37. The number of aromatic nitrogens is 4. The van der Waals surface area contributed by atoms with Crippen LogP contribution in [0.5, 0.6) is 0 Å². The van der Waals surface area contributed by atoms with Gasteiger partial charge in [-0.3, -0.25) is 19.9 Å². The van der Waals surface area contributed by atoms with Gasteiger partial charge in [-0.15, -0.1) is 0 Å². The van der Waals surface area contributed by atoms with Gasteiger partial charge in [0.2, 0.25) is 0 Å². The van der Waals surface area contributed by atoms with Crippen molar-refractivity contribution in [2.75, 3.05) is 6.54 Å². The largest absolute Gasteiger partial charge is 0.330 e. The Morgan fingerprint density at radius 1 is 1.12 bits per heavy atom. The van der Waals surface area contributed by atoms with Gasteiger partial charge in [-0.2, -0.15) is 5.10 Å². The van der Waals surface area contributed by atoms with Gasteiger partial charge in [0.15, 0.2) is 0 Å². The summed E-state index contributed by atoms with van der Waals surface area (Å²) in [4.78, 5) is 23.0. The van der Waals surface area contributed by atoms with Crippen molar-refractivity contribution >= 4 is 5.91 Å². The van der Waals surface area contributed by atoms with Crippen LogP contribution < -0.4 is 0 Å². The van der Waals surface area contributed by atoms with Crippen LogP contribution in [-0.2, 0) is 0 Å². The number of carbonyl (C=O) groups is 1. The third kappa shape index (κ3) is 2.80. The highest BCUT2D eigenvalue weighted by Gasteiger charge is 2.33. The van der Waals surface area contributed by atoms with Crippen LogP contribution in [0.1, 0.15) is 40.5 Å². The lowest BCUT2D eigenvalue weighted by molar-refractivity contribution is 0.0733. The van der Waals surface area contributed by atoms with Gasteiger partial charge < -0.3 is 4.90 Å². The van der Waals surface area contributed by atoms with E-state index in [-0.39, 0.29) is 11.9 Å². The molecule has 1 N–H and O–H groups in total. The number of amides is 1. The van der Waals surface area contributed by atoms with E-state index in [0.29, 0.717) is 5.56 Å². The zero-order valence-electron chi connectivity index (χ0n) is 14.0. The molecule has 25 heavy (non-hydrogen) atoms. The summed E-state index contributed by atoms with van der Waals surface area (Å²) in [7, 11) is 0. The minimum Gasteiger partial charge on any atom is -0.330 e. The molecular formula is C19H19N5O. The summed E-state index contributed by atoms with van der Waals surface area (Å²) >= 11 is 0. The van der Waals surface area contributed by atoms with Gasteiger partial charge in [0.1, 0.15) is 0 Å². The maximum Gasteiger partial charge on any atom is 0.254 e. The summed E-state index contributed by atoms with van der Waals surface area (Å²) in [6.07, 6.45) is 10.7. The maximum absolute atomic E-state index is 12.9. The smallest absolute Gasteiger partial charge is 0.254 e. The molecule has 1 saturated heterocycles. The second-order valence-corrected chi connectivity index (χ2v) is 6.28. The van der Waals surface area contributed by atoms with Crippen LogP contribution in [0.4, 0.5) is 0 Å². The van der Waals surface area contributed by atoms with E-state index in [2.05, 4.69) is 20.2 Å². The van der Waals surface area contributed by atoms with Gasteiger partial charge in [-0.1, -0.05) is 0 Å². The fourth-order valence-corrected chi connectivity index (χ4v) is 3.51. The molecule has 1 amide bonds. The molecule has 3 aromatic heterocycles. The van der Waals surface area contributed by atoms with Gasteiger partial charge in [0, 0.05) is 42.5 Å². The number of hydrogen-bond donors (Lipinski definition) is 1. The minimum absolute atomic E-state index is 0.00531. The SMILES string of the molecule is Cc1cnccc1-c1cn[nH]c1[C@H]1CCCN1C(=O)c1ccncc1. The molecule has 0 unspecified atom stereocenters. The predicted octanol–water partition coefficient (Wildman–Crippen LogP) is 3.15. The average Bonchev–Trinajstić information content (AvgIpc) is 3.31. The number of likely N-dealkylation sites (tertiary alicyclic amines) is 1. The molecule has 4 rings (SSSR count). The molecule has 0 radical (unpaired) electrons. The van der Waals surface area contributed by atoms with Crippen LogP contribution in [0.2, 0.25) is 0 Å². The van der Waals surface area contributed by atoms with E-state index < -0.39 is 0 Å². The molecule has 0 aliphatic carbocycles. The quantitative estimate of drug-likeness (QED) is 0.799. The summed E-state index contributed by atoms with van der Waals surface area (Å²) < 4.78 is 0. The van der Waals surface area contributed by atoms with Crippen molar-refractivity contribution in [3.63, 3.8) is 0 Å². The summed E-state index contributed by atoms with van der Waals surface area (Å²) in [5, 5.41) is 7.39. The van der Waals surface area contributed by atoms with E-state index in [1.807, 2.05) is 30.3 Å². The first-order valence-corrected chi connectivity index (χ1v) is 8.41. The minimum atomic E-state index is 0.00531. The van der Waals surface area contributed by atoms with Crippen LogP contribution in [0.15, 0.2) is 49.2 Å². The lowest BCUT2D eigenvalue weighted by Gasteiger charge is -2.25. The number of nitrogens with zero attached hydrogens (tertiary/aromatic N) is 4. The lowest BCUT2D eigenvalue weighted by atomic mass is 9.98. The second kappa shape index (κ2) is 6.47. The molecule has 4 heterocycles. The Morgan fingerprint density at radius 2 is 1.92 bits per heavy atom. The maximum atomic E-state index is 12.9. The Labute approximate surface area is 145 Å². The Kier molecular flexibility index (Phi) is 4.01. The molecule has 3 aromatic rings. The van der Waals surface area contributed by atoms with Crippen molar-refractivity contribution in [3.05, 3.63) is 66.0 Å². The molecule has 1 atom stereocenters. The van der Waals surface area contributed by atoms with E-state index >= 15 is 0 Å². The summed E-state index contributed by atoms with van der Waals surface area (Å²) in [6.45, 7) is 2.78. The number of pyridine rings is 2. The number of H-pyrrole nitrogens is 1. The van der Waals surface area contributed by atoms with Gasteiger partial charge in [0.05, 0.1) is 17.9 Å². The number of carbonyl (C=O) groups excluding carboxylic acids is 1. The Balaban J connectivity index is 1.70. The van der Waals surface area contributed by atoms with Crippen molar-refractivity contribution in [3.8, 4) is 11.1 Å². The van der Waals surface area contributed by atoms with E-state index in [1.54, 1.807) is 30.7 Å². The van der Waals surface area contributed by atoms with Gasteiger partial charge in [0.25, 0.3) is 5.91 Å². The molecule has 6 nitrogen and oxygen atoms in total. The molecule has 0 saturated carbocycles. The number of rotatable bonds is 3. The molecular weight excluding hydrogens is 314 g/mol. The van der Waals surface area contributed by atoms with E-state index in [1.165, 1.54) is 0 Å². The first-order chi connectivity index (χ1) is 12.3. The molecule has 0 aromatic carbocycles. The highest BCUT2D eigenvalue weighted by molar-refractivity contribution is 5.94. The lowest BCUT2D eigenvalue weighted by Crippen LogP contribution is -2.31. The van der Waals surface area contributed by atoms with Crippen molar-refractivity contribution in [1.29, 1.82) is 0 Å². The van der Waals surface area contributed by atoms with Crippen LogP contribution in [-0.4, -0.2) is 37.5 Å². The molecule has 0 bridgehead atoms. The van der Waals surface area contributed by atoms with Gasteiger partial charge >= 0.3 is 0 Å². The standard InChI is InChI=1S/C19H19N5O/c1-13-11-21-9-6-15(13)16-12-22-23-18(16)17-3-2-10-24(17)19(25)14-4-7-20-8-5-14/h4-9,11-12,17H,2-3,10H2,1H3,(H,22,23)/t17-/m1/s1. The number of nitrogens with one attached hydrogen (secondary N) is 1. The summed E-state index contributed by atoms with van der Waals surface area (Å²) in [5.41, 5.74) is 4.90. The first kappa shape index (κ1) is 15.5. The van der Waals surface area contributed by atoms with Crippen LogP contribution >= 0.6 is 0 Å². The topological polar surface area (TPSA) is 74.8 Å². The average molecular weight is 333 g/mol. The molecule has 1 fully saturated rings. The third-order valence-electron chi connectivity index (χ3n) is 4.75. The van der Waals surface area contributed by atoms with E-state index in [9.17, 15) is 4.79 Å². The van der Waals surface area contributed by atoms with Crippen molar-refractivity contribution < 1.29 is 4.79 Å². The third-order valence-corrected chi connectivity index (χ3v) is 4.75. The number of aromatic amines is 1. The normalized spacial score (nSPS) is 17.0. The van der Waals surface area contributed by atoms with E-state index in [0.717, 1.165) is 41.8 Å². The highest BCUT2D eigenvalue weighted by atomic mass is 16.2. The van der Waals surface area contributed by atoms with Gasteiger partial charge in [-0.05, 0) is 49.1 Å². The molecule has 1 aliphatic rings. The molecule has 1 aliphatic heterocycles. The Hall–Kier alpha value is -3.02. The van der Waals surface area contributed by atoms with Crippen LogP contribution in [0.3, 0.4) is 0 Å². The Morgan fingerprint density at radius 3 is 2.72 bits per heavy atom. The fourth-order valence-electron chi connectivity index (χ4n) is 3.51. The Bertz CT molecular complexity index is 890. The zero-order valence-corrected chi connectivity index (χ0v) is 14.0. The first-order valence-electron chi connectivity index (χ1n) is 8.41. The van der Waals surface area contributed by atoms with Crippen molar-refractivity contribution in [2.24, 2.45) is 0 Å². The van der Waals surface area contributed by atoms with Crippen molar-refractivity contribution in [2.45, 2.75) is 25.8 Å². The van der Waals surface area contributed by atoms with Crippen LogP contribution in [0.25, 0.3) is 11.1 Å². The molecule has 6 heteroatoms. The zero-order chi connectivity index (χ0) is 17.2.